The van der Waals surface area contributed by atoms with Crippen LogP contribution >= 0.6 is 0 Å². The van der Waals surface area contributed by atoms with Crippen molar-refractivity contribution >= 4 is 5.97 Å². The third-order valence-corrected chi connectivity index (χ3v) is 3.95. The Hall–Kier alpha value is -1.95. The average molecular weight is 354 g/mol. The predicted molar refractivity (Wildman–Crippen MR) is 89.7 cm³/mol. The normalized spacial score (nSPS) is 17.1. The highest BCUT2D eigenvalue weighted by Crippen LogP contribution is 2.28. The number of hydrogen-bond acceptors (Lipinski definition) is 4. The maximum atomic E-state index is 13.9. The standard InChI is InChI=1S/C19H24F2O4/c1-3-5-13-6-7-14(24-12-13)8-11-17(22)25-16-10-9-15(23-4-2)18(20)19(16)21/h6,9-10,14H,3-5,7-8,11-12H2,1-2H3. The summed E-state index contributed by atoms with van der Waals surface area (Å²) in [4.78, 5) is 11.9. The third kappa shape index (κ3) is 5.53. The fraction of sp³-hybridized carbons (Fsp3) is 0.526. The van der Waals surface area contributed by atoms with Gasteiger partial charge in [-0.25, -0.2) is 0 Å². The van der Waals surface area contributed by atoms with Crippen LogP contribution in [-0.4, -0.2) is 25.3 Å². The number of ether oxygens (including phenoxy) is 3. The third-order valence-electron chi connectivity index (χ3n) is 3.95. The second-order valence-electron chi connectivity index (χ2n) is 5.92. The second-order valence-corrected chi connectivity index (χ2v) is 5.92. The summed E-state index contributed by atoms with van der Waals surface area (Å²) in [6.45, 7) is 4.59. The lowest BCUT2D eigenvalue weighted by atomic mass is 10.0. The Morgan fingerprint density at radius 2 is 1.96 bits per heavy atom. The summed E-state index contributed by atoms with van der Waals surface area (Å²) in [6.07, 6.45) is 5.54. The first-order valence-corrected chi connectivity index (χ1v) is 8.66. The summed E-state index contributed by atoms with van der Waals surface area (Å²) in [6, 6.07) is 2.44. The fourth-order valence-corrected chi connectivity index (χ4v) is 2.66. The average Bonchev–Trinajstić information content (AvgIpc) is 2.61. The van der Waals surface area contributed by atoms with E-state index in [0.29, 0.717) is 13.0 Å². The molecule has 0 aliphatic carbocycles. The van der Waals surface area contributed by atoms with Crippen molar-refractivity contribution in [1.29, 1.82) is 0 Å². The van der Waals surface area contributed by atoms with E-state index in [0.717, 1.165) is 19.3 Å². The van der Waals surface area contributed by atoms with E-state index in [9.17, 15) is 13.6 Å². The van der Waals surface area contributed by atoms with Crippen molar-refractivity contribution in [2.24, 2.45) is 0 Å². The zero-order chi connectivity index (χ0) is 18.2. The smallest absolute Gasteiger partial charge is 0.311 e. The molecule has 1 aliphatic rings. The number of rotatable bonds is 8. The van der Waals surface area contributed by atoms with Gasteiger partial charge in [-0.1, -0.05) is 19.4 Å². The van der Waals surface area contributed by atoms with Gasteiger partial charge in [0.1, 0.15) is 0 Å². The molecule has 0 fully saturated rings. The van der Waals surface area contributed by atoms with Crippen LogP contribution in [0.4, 0.5) is 8.78 Å². The Labute approximate surface area is 146 Å². The molecule has 0 saturated heterocycles. The lowest BCUT2D eigenvalue weighted by Gasteiger charge is -2.22. The Morgan fingerprint density at radius 3 is 2.60 bits per heavy atom. The molecule has 138 valence electrons. The molecule has 0 N–H and O–H groups in total. The van der Waals surface area contributed by atoms with E-state index in [1.54, 1.807) is 6.92 Å². The van der Waals surface area contributed by atoms with Crippen LogP contribution in [-0.2, 0) is 9.53 Å². The van der Waals surface area contributed by atoms with Gasteiger partial charge in [0.2, 0.25) is 11.6 Å². The number of benzene rings is 1. The van der Waals surface area contributed by atoms with Crippen LogP contribution in [0.3, 0.4) is 0 Å². The molecule has 1 unspecified atom stereocenters. The van der Waals surface area contributed by atoms with Crippen LogP contribution in [0.5, 0.6) is 11.5 Å². The van der Waals surface area contributed by atoms with Gasteiger partial charge in [0.15, 0.2) is 11.5 Å². The van der Waals surface area contributed by atoms with Crippen molar-refractivity contribution in [3.8, 4) is 11.5 Å². The van der Waals surface area contributed by atoms with Crippen LogP contribution in [0, 0.1) is 11.6 Å². The zero-order valence-electron chi connectivity index (χ0n) is 14.6. The van der Waals surface area contributed by atoms with E-state index in [2.05, 4.69) is 13.0 Å². The molecule has 1 aliphatic heterocycles. The molecule has 0 spiro atoms. The van der Waals surface area contributed by atoms with Gasteiger partial charge in [-0.05, 0) is 43.9 Å². The van der Waals surface area contributed by atoms with E-state index in [4.69, 9.17) is 14.2 Å². The van der Waals surface area contributed by atoms with Crippen LogP contribution in [0.1, 0.15) is 46.0 Å². The Balaban J connectivity index is 1.84. The molecule has 2 rings (SSSR count). The molecule has 0 saturated carbocycles. The predicted octanol–water partition coefficient (Wildman–Crippen LogP) is 4.56. The minimum atomic E-state index is -1.22. The molecule has 0 bridgehead atoms. The van der Waals surface area contributed by atoms with Crippen LogP contribution in [0.2, 0.25) is 0 Å². The maximum Gasteiger partial charge on any atom is 0.311 e. The van der Waals surface area contributed by atoms with Crippen molar-refractivity contribution in [3.05, 3.63) is 35.4 Å². The quantitative estimate of drug-likeness (QED) is 0.390. The van der Waals surface area contributed by atoms with Gasteiger partial charge < -0.3 is 14.2 Å². The summed E-state index contributed by atoms with van der Waals surface area (Å²) in [5.41, 5.74) is 1.29. The molecule has 1 atom stereocenters. The highest BCUT2D eigenvalue weighted by Gasteiger charge is 2.20. The van der Waals surface area contributed by atoms with Crippen molar-refractivity contribution in [3.63, 3.8) is 0 Å². The number of esters is 1. The van der Waals surface area contributed by atoms with Crippen molar-refractivity contribution in [2.45, 2.75) is 52.1 Å². The first-order valence-electron chi connectivity index (χ1n) is 8.66. The van der Waals surface area contributed by atoms with Crippen molar-refractivity contribution in [2.75, 3.05) is 13.2 Å². The number of carbonyl (C=O) groups is 1. The first kappa shape index (κ1) is 19.4. The highest BCUT2D eigenvalue weighted by atomic mass is 19.2. The molecule has 1 heterocycles. The van der Waals surface area contributed by atoms with Gasteiger partial charge in [-0.2, -0.15) is 8.78 Å². The monoisotopic (exact) mass is 354 g/mol. The van der Waals surface area contributed by atoms with Gasteiger partial charge in [-0.15, -0.1) is 0 Å². The first-order chi connectivity index (χ1) is 12.0. The lowest BCUT2D eigenvalue weighted by Crippen LogP contribution is -2.21. The SMILES string of the molecule is CCCC1=CCC(CCC(=O)Oc2ccc(OCC)c(F)c2F)OC1. The van der Waals surface area contributed by atoms with E-state index in [1.165, 1.54) is 17.7 Å². The van der Waals surface area contributed by atoms with Crippen LogP contribution < -0.4 is 9.47 Å². The summed E-state index contributed by atoms with van der Waals surface area (Å²) >= 11 is 0. The van der Waals surface area contributed by atoms with Gasteiger partial charge in [0.25, 0.3) is 0 Å². The molecule has 0 aromatic heterocycles. The Kier molecular flexibility index (Phi) is 7.37. The number of halogens is 2. The molecule has 25 heavy (non-hydrogen) atoms. The molecule has 4 nitrogen and oxygen atoms in total. The maximum absolute atomic E-state index is 13.9. The topological polar surface area (TPSA) is 44.8 Å². The molecular weight excluding hydrogens is 330 g/mol. The van der Waals surface area contributed by atoms with Crippen LogP contribution in [0.15, 0.2) is 23.8 Å². The molecule has 1 aromatic carbocycles. The van der Waals surface area contributed by atoms with Crippen molar-refractivity contribution in [1.82, 2.24) is 0 Å². The van der Waals surface area contributed by atoms with E-state index in [1.807, 2.05) is 0 Å². The fourth-order valence-electron chi connectivity index (χ4n) is 2.66. The van der Waals surface area contributed by atoms with Gasteiger partial charge >= 0.3 is 5.97 Å². The van der Waals surface area contributed by atoms with Gasteiger partial charge in [0, 0.05) is 6.42 Å². The number of hydrogen-bond donors (Lipinski definition) is 0. The number of carbonyl (C=O) groups excluding carboxylic acids is 1. The summed E-state index contributed by atoms with van der Waals surface area (Å²) in [5.74, 6) is -3.63. The summed E-state index contributed by atoms with van der Waals surface area (Å²) in [5, 5.41) is 0. The second kappa shape index (κ2) is 9.51. The summed E-state index contributed by atoms with van der Waals surface area (Å²) in [7, 11) is 0. The van der Waals surface area contributed by atoms with E-state index >= 15 is 0 Å². The minimum Gasteiger partial charge on any atom is -0.491 e. The van der Waals surface area contributed by atoms with E-state index < -0.39 is 23.4 Å². The Bertz CT molecular complexity index is 628. The molecule has 0 radical (unpaired) electrons. The molecule has 1 aromatic rings. The largest absolute Gasteiger partial charge is 0.491 e. The Morgan fingerprint density at radius 1 is 1.24 bits per heavy atom. The minimum absolute atomic E-state index is 0.0462. The zero-order valence-corrected chi connectivity index (χ0v) is 14.6. The lowest BCUT2D eigenvalue weighted by molar-refractivity contribution is -0.135. The molecule has 0 amide bonds. The summed E-state index contributed by atoms with van der Waals surface area (Å²) < 4.78 is 43.2. The highest BCUT2D eigenvalue weighted by molar-refractivity contribution is 5.72. The van der Waals surface area contributed by atoms with Gasteiger partial charge in [0.05, 0.1) is 19.3 Å². The van der Waals surface area contributed by atoms with E-state index in [-0.39, 0.29) is 24.9 Å². The van der Waals surface area contributed by atoms with Crippen LogP contribution in [0.25, 0.3) is 0 Å². The molecule has 6 heteroatoms. The molecular formula is C19H24F2O4. The van der Waals surface area contributed by atoms with Gasteiger partial charge in [-0.3, -0.25) is 4.79 Å². The van der Waals surface area contributed by atoms with Crippen molar-refractivity contribution < 1.29 is 27.8 Å².